The molecule has 1 aromatic heterocycles. The van der Waals surface area contributed by atoms with E-state index in [2.05, 4.69) is 30.4 Å². The van der Waals surface area contributed by atoms with Crippen molar-refractivity contribution in [1.29, 1.82) is 0 Å². The highest BCUT2D eigenvalue weighted by atomic mass is 16.1. The molecule has 0 atom stereocenters. The fourth-order valence-electron chi connectivity index (χ4n) is 3.55. The van der Waals surface area contributed by atoms with Crippen LogP contribution in [-0.2, 0) is 11.3 Å². The lowest BCUT2D eigenvalue weighted by Gasteiger charge is -2.13. The molecule has 0 aliphatic rings. The SMILES string of the molecule is Cc1ccc(NC(=O)Cn2c(-c3ccccc3C)nc3ccccc32)c(C)c1. The first kappa shape index (κ1) is 18.0. The molecule has 0 aliphatic carbocycles. The minimum Gasteiger partial charge on any atom is -0.324 e. The van der Waals surface area contributed by atoms with Crippen molar-refractivity contribution in [1.82, 2.24) is 9.55 Å². The Hall–Kier alpha value is -3.40. The summed E-state index contributed by atoms with van der Waals surface area (Å²) in [5.41, 5.74) is 7.10. The van der Waals surface area contributed by atoms with Gasteiger partial charge in [0.1, 0.15) is 12.4 Å². The summed E-state index contributed by atoms with van der Waals surface area (Å²) in [4.78, 5) is 17.7. The number of aromatic nitrogens is 2. The second-order valence-corrected chi connectivity index (χ2v) is 7.19. The van der Waals surface area contributed by atoms with Crippen molar-refractivity contribution in [3.8, 4) is 11.4 Å². The van der Waals surface area contributed by atoms with Crippen LogP contribution in [0, 0.1) is 20.8 Å². The average molecular weight is 369 g/mol. The zero-order chi connectivity index (χ0) is 19.7. The monoisotopic (exact) mass is 369 g/mol. The van der Waals surface area contributed by atoms with Crippen molar-refractivity contribution in [2.75, 3.05) is 5.32 Å². The molecule has 0 saturated heterocycles. The van der Waals surface area contributed by atoms with Gasteiger partial charge in [-0.15, -0.1) is 0 Å². The smallest absolute Gasteiger partial charge is 0.244 e. The van der Waals surface area contributed by atoms with E-state index in [1.807, 2.05) is 66.9 Å². The molecule has 0 saturated carbocycles. The van der Waals surface area contributed by atoms with Gasteiger partial charge in [-0.2, -0.15) is 0 Å². The Kier molecular flexibility index (Phi) is 4.70. The first-order chi connectivity index (χ1) is 13.5. The lowest BCUT2D eigenvalue weighted by atomic mass is 10.1. The number of carbonyl (C=O) groups excluding carboxylic acids is 1. The summed E-state index contributed by atoms with van der Waals surface area (Å²) >= 11 is 0. The van der Waals surface area contributed by atoms with Crippen molar-refractivity contribution in [3.05, 3.63) is 83.4 Å². The standard InChI is InChI=1S/C24H23N3O/c1-16-12-13-20(18(3)14-16)25-23(28)15-27-22-11-7-6-10-21(22)26-24(27)19-9-5-4-8-17(19)2/h4-14H,15H2,1-3H3,(H,25,28). The predicted octanol–water partition coefficient (Wildman–Crippen LogP) is 5.27. The Balaban J connectivity index is 1.72. The Morgan fingerprint density at radius 2 is 1.68 bits per heavy atom. The number of aryl methyl sites for hydroxylation is 3. The van der Waals surface area contributed by atoms with Gasteiger partial charge in [0.05, 0.1) is 11.0 Å². The van der Waals surface area contributed by atoms with Crippen LogP contribution in [0.3, 0.4) is 0 Å². The van der Waals surface area contributed by atoms with Gasteiger partial charge in [-0.1, -0.05) is 54.1 Å². The molecule has 1 heterocycles. The van der Waals surface area contributed by atoms with Gasteiger partial charge in [0.25, 0.3) is 0 Å². The number of fused-ring (bicyclic) bond motifs is 1. The molecule has 0 fully saturated rings. The number of hydrogen-bond donors (Lipinski definition) is 1. The van der Waals surface area contributed by atoms with Crippen molar-refractivity contribution in [3.63, 3.8) is 0 Å². The summed E-state index contributed by atoms with van der Waals surface area (Å²) in [7, 11) is 0. The number of carbonyl (C=O) groups is 1. The van der Waals surface area contributed by atoms with Crippen molar-refractivity contribution in [2.45, 2.75) is 27.3 Å². The van der Waals surface area contributed by atoms with Crippen molar-refractivity contribution in [2.24, 2.45) is 0 Å². The highest BCUT2D eigenvalue weighted by Crippen LogP contribution is 2.27. The van der Waals surface area contributed by atoms with Crippen LogP contribution in [0.5, 0.6) is 0 Å². The summed E-state index contributed by atoms with van der Waals surface area (Å²) < 4.78 is 2.00. The number of hydrogen-bond acceptors (Lipinski definition) is 2. The lowest BCUT2D eigenvalue weighted by Crippen LogP contribution is -2.20. The van der Waals surface area contributed by atoms with Crippen LogP contribution in [-0.4, -0.2) is 15.5 Å². The molecule has 1 amide bonds. The molecular weight excluding hydrogens is 346 g/mol. The summed E-state index contributed by atoms with van der Waals surface area (Å²) in [5, 5.41) is 3.05. The van der Waals surface area contributed by atoms with Crippen molar-refractivity contribution >= 4 is 22.6 Å². The third-order valence-corrected chi connectivity index (χ3v) is 5.00. The molecule has 4 nitrogen and oxygen atoms in total. The maximum atomic E-state index is 12.9. The Labute approximate surface area is 164 Å². The number of rotatable bonds is 4. The van der Waals surface area contributed by atoms with Crippen LogP contribution >= 0.6 is 0 Å². The third kappa shape index (κ3) is 3.41. The average Bonchev–Trinajstić information content (AvgIpc) is 3.03. The van der Waals surface area contributed by atoms with Gasteiger partial charge < -0.3 is 9.88 Å². The second kappa shape index (κ2) is 7.31. The summed E-state index contributed by atoms with van der Waals surface area (Å²) in [6.45, 7) is 6.32. The Morgan fingerprint density at radius 3 is 2.46 bits per heavy atom. The maximum Gasteiger partial charge on any atom is 0.244 e. The van der Waals surface area contributed by atoms with E-state index in [4.69, 9.17) is 4.98 Å². The molecule has 28 heavy (non-hydrogen) atoms. The van der Waals surface area contributed by atoms with Gasteiger partial charge >= 0.3 is 0 Å². The van der Waals surface area contributed by atoms with Crippen LogP contribution in [0.2, 0.25) is 0 Å². The summed E-state index contributed by atoms with van der Waals surface area (Å²) in [5.74, 6) is 0.750. The molecule has 1 N–H and O–H groups in total. The molecule has 140 valence electrons. The third-order valence-electron chi connectivity index (χ3n) is 5.00. The zero-order valence-corrected chi connectivity index (χ0v) is 16.4. The number of para-hydroxylation sites is 2. The highest BCUT2D eigenvalue weighted by molar-refractivity contribution is 5.93. The molecule has 4 heteroatoms. The quantitative estimate of drug-likeness (QED) is 0.533. The second-order valence-electron chi connectivity index (χ2n) is 7.19. The fraction of sp³-hybridized carbons (Fsp3) is 0.167. The van der Waals surface area contributed by atoms with Gasteiger partial charge in [0.2, 0.25) is 5.91 Å². The Morgan fingerprint density at radius 1 is 0.929 bits per heavy atom. The number of amides is 1. The number of anilines is 1. The molecule has 0 spiro atoms. The highest BCUT2D eigenvalue weighted by Gasteiger charge is 2.16. The van der Waals surface area contributed by atoms with Gasteiger partial charge in [-0.3, -0.25) is 4.79 Å². The number of imidazole rings is 1. The van der Waals surface area contributed by atoms with Crippen LogP contribution in [0.4, 0.5) is 5.69 Å². The largest absolute Gasteiger partial charge is 0.324 e. The fourth-order valence-corrected chi connectivity index (χ4v) is 3.55. The molecule has 0 unspecified atom stereocenters. The lowest BCUT2D eigenvalue weighted by molar-refractivity contribution is -0.116. The molecule has 0 bridgehead atoms. The molecule has 0 aliphatic heterocycles. The van der Waals surface area contributed by atoms with E-state index in [9.17, 15) is 4.79 Å². The van der Waals surface area contributed by atoms with Gasteiger partial charge in [-0.05, 0) is 50.1 Å². The molecule has 4 aromatic rings. The summed E-state index contributed by atoms with van der Waals surface area (Å²) in [6, 6.07) is 22.1. The van der Waals surface area contributed by atoms with E-state index >= 15 is 0 Å². The minimum atomic E-state index is -0.0649. The Bertz CT molecular complexity index is 1170. The van der Waals surface area contributed by atoms with E-state index in [1.165, 1.54) is 5.56 Å². The van der Waals surface area contributed by atoms with E-state index < -0.39 is 0 Å². The van der Waals surface area contributed by atoms with E-state index in [0.29, 0.717) is 0 Å². The van der Waals surface area contributed by atoms with E-state index in [-0.39, 0.29) is 12.5 Å². The molecule has 3 aromatic carbocycles. The van der Waals surface area contributed by atoms with E-state index in [0.717, 1.165) is 39.2 Å². The van der Waals surface area contributed by atoms with Crippen LogP contribution in [0.25, 0.3) is 22.4 Å². The normalized spacial score (nSPS) is 11.0. The first-order valence-electron chi connectivity index (χ1n) is 9.41. The van der Waals surface area contributed by atoms with Crippen LogP contribution < -0.4 is 5.32 Å². The molecule has 0 radical (unpaired) electrons. The minimum absolute atomic E-state index is 0.0649. The maximum absolute atomic E-state index is 12.9. The van der Waals surface area contributed by atoms with Gasteiger partial charge in [-0.25, -0.2) is 4.98 Å². The number of nitrogens with zero attached hydrogens (tertiary/aromatic N) is 2. The summed E-state index contributed by atoms with van der Waals surface area (Å²) in [6.07, 6.45) is 0. The number of nitrogens with one attached hydrogen (secondary N) is 1. The number of benzene rings is 3. The first-order valence-corrected chi connectivity index (χ1v) is 9.41. The van der Waals surface area contributed by atoms with Crippen LogP contribution in [0.15, 0.2) is 66.7 Å². The topological polar surface area (TPSA) is 46.9 Å². The van der Waals surface area contributed by atoms with Crippen LogP contribution in [0.1, 0.15) is 16.7 Å². The predicted molar refractivity (Wildman–Crippen MR) is 114 cm³/mol. The van der Waals surface area contributed by atoms with Gasteiger partial charge in [0.15, 0.2) is 0 Å². The molecular formula is C24H23N3O. The van der Waals surface area contributed by atoms with E-state index in [1.54, 1.807) is 0 Å². The zero-order valence-electron chi connectivity index (χ0n) is 16.4. The van der Waals surface area contributed by atoms with Crippen molar-refractivity contribution < 1.29 is 4.79 Å². The van der Waals surface area contributed by atoms with Gasteiger partial charge in [0, 0.05) is 11.3 Å². The molecule has 4 rings (SSSR count).